The Morgan fingerprint density at radius 2 is 2.10 bits per heavy atom. The maximum absolute atomic E-state index is 12.9. The Balaban J connectivity index is 1.40. The smallest absolute Gasteiger partial charge is 0.267 e. The topological polar surface area (TPSA) is 94.2 Å². The second-order valence-corrected chi connectivity index (χ2v) is 8.75. The lowest BCUT2D eigenvalue weighted by Gasteiger charge is -2.56. The molecule has 2 aromatic rings. The summed E-state index contributed by atoms with van der Waals surface area (Å²) in [5.74, 6) is 1.79. The lowest BCUT2D eigenvalue weighted by atomic mass is 9.72. The summed E-state index contributed by atoms with van der Waals surface area (Å²) in [7, 11) is 0. The van der Waals surface area contributed by atoms with Crippen LogP contribution in [0.2, 0.25) is 0 Å². The van der Waals surface area contributed by atoms with Crippen LogP contribution in [0.1, 0.15) is 41.9 Å². The Kier molecular flexibility index (Phi) is 4.92. The van der Waals surface area contributed by atoms with Gasteiger partial charge in [0.05, 0.1) is 11.7 Å². The van der Waals surface area contributed by atoms with Gasteiger partial charge < -0.3 is 20.1 Å². The van der Waals surface area contributed by atoms with Gasteiger partial charge in [-0.25, -0.2) is 4.98 Å². The molecular formula is C22H28N6O2. The van der Waals surface area contributed by atoms with Crippen LogP contribution in [-0.4, -0.2) is 63.4 Å². The molecule has 2 N–H and O–H groups in total. The number of carbonyl (C=O) groups is 2. The zero-order valence-corrected chi connectivity index (χ0v) is 17.3. The number of fused-ring (bicyclic) bond motifs is 4. The van der Waals surface area contributed by atoms with E-state index >= 15 is 0 Å². The van der Waals surface area contributed by atoms with Gasteiger partial charge in [0.2, 0.25) is 5.91 Å². The maximum Gasteiger partial charge on any atom is 0.267 e. The number of carbonyl (C=O) groups excluding carboxylic acids is 2. The molecule has 3 aliphatic rings. The number of anilines is 1. The molecule has 5 heterocycles. The van der Waals surface area contributed by atoms with Crippen molar-refractivity contribution in [3.63, 3.8) is 0 Å². The molecule has 4 atom stereocenters. The Labute approximate surface area is 176 Å². The van der Waals surface area contributed by atoms with E-state index in [-0.39, 0.29) is 23.9 Å². The molecule has 2 aromatic heterocycles. The van der Waals surface area contributed by atoms with Crippen LogP contribution in [0.15, 0.2) is 30.7 Å². The van der Waals surface area contributed by atoms with E-state index in [0.717, 1.165) is 43.9 Å². The summed E-state index contributed by atoms with van der Waals surface area (Å²) >= 11 is 0. The molecule has 3 fully saturated rings. The van der Waals surface area contributed by atoms with Gasteiger partial charge in [0.25, 0.3) is 5.91 Å². The Bertz CT molecular complexity index is 929. The average Bonchev–Trinajstić information content (AvgIpc) is 3.29. The van der Waals surface area contributed by atoms with E-state index in [9.17, 15) is 9.59 Å². The lowest BCUT2D eigenvalue weighted by Crippen LogP contribution is -2.67. The van der Waals surface area contributed by atoms with Crippen molar-refractivity contribution < 1.29 is 9.59 Å². The molecule has 2 amide bonds. The highest BCUT2D eigenvalue weighted by atomic mass is 16.2. The molecule has 0 unspecified atom stereocenters. The van der Waals surface area contributed by atoms with E-state index < -0.39 is 0 Å². The van der Waals surface area contributed by atoms with E-state index in [2.05, 4.69) is 30.1 Å². The number of aryl methyl sites for hydroxylation is 1. The first-order valence-electron chi connectivity index (χ1n) is 10.9. The number of aromatic nitrogens is 3. The minimum absolute atomic E-state index is 0.0118. The quantitative estimate of drug-likeness (QED) is 0.804. The molecular weight excluding hydrogens is 380 g/mol. The van der Waals surface area contributed by atoms with Crippen LogP contribution in [0.3, 0.4) is 0 Å². The molecule has 3 saturated heterocycles. The molecule has 8 nitrogen and oxygen atoms in total. The maximum atomic E-state index is 12.9. The van der Waals surface area contributed by atoms with E-state index in [4.69, 9.17) is 0 Å². The van der Waals surface area contributed by atoms with Crippen LogP contribution in [0.25, 0.3) is 0 Å². The van der Waals surface area contributed by atoms with Gasteiger partial charge in [-0.15, -0.1) is 0 Å². The van der Waals surface area contributed by atoms with Crippen LogP contribution in [0, 0.1) is 18.8 Å². The number of amides is 2. The van der Waals surface area contributed by atoms with Crippen molar-refractivity contribution in [1.29, 1.82) is 0 Å². The van der Waals surface area contributed by atoms with E-state index in [0.29, 0.717) is 30.5 Å². The first-order chi connectivity index (χ1) is 14.6. The Hall–Kier alpha value is -2.90. The van der Waals surface area contributed by atoms with Gasteiger partial charge in [-0.1, -0.05) is 0 Å². The van der Waals surface area contributed by atoms with Crippen LogP contribution in [0.5, 0.6) is 0 Å². The second-order valence-electron chi connectivity index (χ2n) is 8.75. The van der Waals surface area contributed by atoms with Crippen molar-refractivity contribution in [3.05, 3.63) is 42.1 Å². The van der Waals surface area contributed by atoms with Gasteiger partial charge in [-0.3, -0.25) is 14.6 Å². The number of H-pyrrole nitrogens is 1. The molecule has 5 rings (SSSR count). The summed E-state index contributed by atoms with van der Waals surface area (Å²) in [6.45, 7) is 4.21. The SMILES string of the molecule is Cc1nccnc1N1C[C@H]2C[C@@H](C1)[C@H](CNC(=O)c1ccc[nH]1)N1C(=O)CCC[C@@H]21. The van der Waals surface area contributed by atoms with Gasteiger partial charge in [0.15, 0.2) is 0 Å². The zero-order valence-electron chi connectivity index (χ0n) is 17.3. The summed E-state index contributed by atoms with van der Waals surface area (Å²) < 4.78 is 0. The molecule has 0 radical (unpaired) electrons. The first-order valence-corrected chi connectivity index (χ1v) is 10.9. The van der Waals surface area contributed by atoms with Crippen LogP contribution in [0.4, 0.5) is 5.82 Å². The number of hydrogen-bond donors (Lipinski definition) is 2. The molecule has 0 saturated carbocycles. The lowest BCUT2D eigenvalue weighted by molar-refractivity contribution is -0.148. The Morgan fingerprint density at radius 1 is 1.27 bits per heavy atom. The fraction of sp³-hybridized carbons (Fsp3) is 0.545. The highest BCUT2D eigenvalue weighted by Gasteiger charge is 2.49. The molecule has 8 heteroatoms. The minimum Gasteiger partial charge on any atom is -0.357 e. The van der Waals surface area contributed by atoms with E-state index in [1.54, 1.807) is 24.7 Å². The molecule has 30 heavy (non-hydrogen) atoms. The second kappa shape index (κ2) is 7.74. The normalized spacial score (nSPS) is 28.2. The highest BCUT2D eigenvalue weighted by Crippen LogP contribution is 2.42. The summed E-state index contributed by atoms with van der Waals surface area (Å²) in [4.78, 5) is 41.9. The van der Waals surface area contributed by atoms with Crippen molar-refractivity contribution in [1.82, 2.24) is 25.2 Å². The van der Waals surface area contributed by atoms with Crippen LogP contribution < -0.4 is 10.2 Å². The van der Waals surface area contributed by atoms with Crippen molar-refractivity contribution in [3.8, 4) is 0 Å². The number of nitrogens with one attached hydrogen (secondary N) is 2. The average molecular weight is 409 g/mol. The number of piperidine rings is 3. The summed E-state index contributed by atoms with van der Waals surface area (Å²) in [6.07, 6.45) is 8.91. The standard InChI is InChI=1S/C22H28N6O2/c1-14-21(25-9-8-23-14)27-12-15-10-16(13-27)19(28-18(15)5-2-6-20(28)29)11-26-22(30)17-4-3-7-24-17/h3-4,7-9,15-16,18-19,24H,2,5-6,10-13H2,1H3,(H,26,30)/t15-,16+,18+,19+/m1/s1. The molecule has 2 bridgehead atoms. The molecule has 158 valence electrons. The molecule has 0 spiro atoms. The number of aromatic amines is 1. The third-order valence-corrected chi connectivity index (χ3v) is 6.97. The van der Waals surface area contributed by atoms with Crippen molar-refractivity contribution in [2.24, 2.45) is 11.8 Å². The third-order valence-electron chi connectivity index (χ3n) is 6.97. The van der Waals surface area contributed by atoms with Crippen molar-refractivity contribution >= 4 is 17.6 Å². The van der Waals surface area contributed by atoms with Crippen molar-refractivity contribution in [2.75, 3.05) is 24.5 Å². The first kappa shape index (κ1) is 19.1. The fourth-order valence-electron chi connectivity index (χ4n) is 5.69. The fourth-order valence-corrected chi connectivity index (χ4v) is 5.69. The Morgan fingerprint density at radius 3 is 2.90 bits per heavy atom. The van der Waals surface area contributed by atoms with E-state index in [1.165, 1.54) is 0 Å². The number of hydrogen-bond acceptors (Lipinski definition) is 5. The van der Waals surface area contributed by atoms with Gasteiger partial charge in [0, 0.05) is 50.7 Å². The van der Waals surface area contributed by atoms with E-state index in [1.807, 2.05) is 13.0 Å². The minimum atomic E-state index is -0.124. The summed E-state index contributed by atoms with van der Waals surface area (Å²) in [5.41, 5.74) is 1.48. The summed E-state index contributed by atoms with van der Waals surface area (Å²) in [6, 6.07) is 3.83. The van der Waals surface area contributed by atoms with Gasteiger partial charge in [-0.05, 0) is 50.2 Å². The van der Waals surface area contributed by atoms with Gasteiger partial charge >= 0.3 is 0 Å². The molecule has 3 aliphatic heterocycles. The molecule has 0 aliphatic carbocycles. The zero-order chi connectivity index (χ0) is 20.7. The van der Waals surface area contributed by atoms with Gasteiger partial charge in [-0.2, -0.15) is 0 Å². The highest BCUT2D eigenvalue weighted by molar-refractivity contribution is 5.92. The van der Waals surface area contributed by atoms with Crippen molar-refractivity contribution in [2.45, 2.75) is 44.7 Å². The number of nitrogens with zero attached hydrogens (tertiary/aromatic N) is 4. The number of rotatable bonds is 4. The van der Waals surface area contributed by atoms with Gasteiger partial charge in [0.1, 0.15) is 11.5 Å². The van der Waals surface area contributed by atoms with Crippen LogP contribution in [-0.2, 0) is 4.79 Å². The monoisotopic (exact) mass is 408 g/mol. The predicted octanol–water partition coefficient (Wildman–Crippen LogP) is 1.75. The predicted molar refractivity (Wildman–Crippen MR) is 112 cm³/mol. The third kappa shape index (κ3) is 3.34. The summed E-state index contributed by atoms with van der Waals surface area (Å²) in [5, 5.41) is 3.07. The van der Waals surface area contributed by atoms with Crippen LogP contribution >= 0.6 is 0 Å². The molecule has 0 aromatic carbocycles. The largest absolute Gasteiger partial charge is 0.357 e.